The van der Waals surface area contributed by atoms with Crippen LogP contribution in [0.1, 0.15) is 6.42 Å². The Labute approximate surface area is 95.7 Å². The molecule has 1 aromatic rings. The van der Waals surface area contributed by atoms with Gasteiger partial charge in [-0.2, -0.15) is 0 Å². The van der Waals surface area contributed by atoms with Gasteiger partial charge in [-0.25, -0.2) is 9.97 Å². The molecule has 1 heterocycles. The first kappa shape index (κ1) is 11.7. The van der Waals surface area contributed by atoms with Crippen LogP contribution in [0.5, 0.6) is 0 Å². The molecule has 0 saturated heterocycles. The number of rotatable bonds is 5. The Morgan fingerprint density at radius 3 is 3.07 bits per heavy atom. The highest BCUT2D eigenvalue weighted by molar-refractivity contribution is 9.10. The van der Waals surface area contributed by atoms with E-state index in [-0.39, 0.29) is 6.61 Å². The number of halogens is 1. The molecule has 0 radical (unpaired) electrons. The van der Waals surface area contributed by atoms with Gasteiger partial charge in [-0.05, 0) is 22.4 Å². The lowest BCUT2D eigenvalue weighted by Crippen LogP contribution is -1.97. The largest absolute Gasteiger partial charge is 0.396 e. The molecule has 0 aliphatic heterocycles. The highest BCUT2D eigenvalue weighted by atomic mass is 79.9. The van der Waals surface area contributed by atoms with Gasteiger partial charge in [0, 0.05) is 25.6 Å². The Balaban J connectivity index is 2.64. The number of nitrogens with one attached hydrogen (secondary N) is 1. The van der Waals surface area contributed by atoms with Crippen molar-refractivity contribution >= 4 is 33.6 Å². The maximum absolute atomic E-state index is 8.64. The summed E-state index contributed by atoms with van der Waals surface area (Å²) in [6, 6.07) is 0. The minimum Gasteiger partial charge on any atom is -0.396 e. The van der Waals surface area contributed by atoms with Crippen LogP contribution in [-0.4, -0.2) is 34.5 Å². The predicted molar refractivity (Wildman–Crippen MR) is 61.7 cm³/mol. The van der Waals surface area contributed by atoms with Crippen molar-refractivity contribution in [2.45, 2.75) is 11.4 Å². The Morgan fingerprint density at radius 2 is 2.43 bits per heavy atom. The highest BCUT2D eigenvalue weighted by Crippen LogP contribution is 2.25. The van der Waals surface area contributed by atoms with Crippen molar-refractivity contribution in [1.82, 2.24) is 9.97 Å². The average Bonchev–Trinajstić information content (AvgIpc) is 2.21. The predicted octanol–water partition coefficient (Wildman–Crippen LogP) is 1.76. The molecule has 0 spiro atoms. The Morgan fingerprint density at radius 1 is 1.64 bits per heavy atom. The summed E-state index contributed by atoms with van der Waals surface area (Å²) < 4.78 is 0.888. The van der Waals surface area contributed by atoms with Gasteiger partial charge in [0.15, 0.2) is 0 Å². The summed E-state index contributed by atoms with van der Waals surface area (Å²) in [5.74, 6) is 1.47. The summed E-state index contributed by atoms with van der Waals surface area (Å²) >= 11 is 4.98. The van der Waals surface area contributed by atoms with Crippen LogP contribution in [0, 0.1) is 0 Å². The van der Waals surface area contributed by atoms with Crippen LogP contribution in [-0.2, 0) is 0 Å². The molecule has 1 aromatic heterocycles. The molecule has 4 nitrogen and oxygen atoms in total. The molecule has 1 rings (SSSR count). The van der Waals surface area contributed by atoms with Crippen LogP contribution < -0.4 is 5.32 Å². The smallest absolute Gasteiger partial charge is 0.223 e. The fourth-order valence-electron chi connectivity index (χ4n) is 0.807. The Hall–Kier alpha value is -0.330. The van der Waals surface area contributed by atoms with Gasteiger partial charge in [-0.1, -0.05) is 0 Å². The van der Waals surface area contributed by atoms with E-state index in [1.54, 1.807) is 25.0 Å². The number of aliphatic hydroxyl groups excluding tert-OH is 1. The first-order valence-electron chi connectivity index (χ1n) is 4.22. The second-order valence-corrected chi connectivity index (χ2v) is 4.46. The van der Waals surface area contributed by atoms with Crippen molar-refractivity contribution in [2.24, 2.45) is 0 Å². The third-order valence-corrected chi connectivity index (χ3v) is 3.40. The molecule has 0 saturated carbocycles. The third-order valence-electron chi connectivity index (χ3n) is 1.48. The van der Waals surface area contributed by atoms with Crippen molar-refractivity contribution in [1.29, 1.82) is 0 Å². The molecule has 78 valence electrons. The second kappa shape index (κ2) is 6.21. The SMILES string of the molecule is CNc1ncc(Br)c(SCCCO)n1. The zero-order valence-electron chi connectivity index (χ0n) is 7.83. The number of aliphatic hydroxyl groups is 1. The fourth-order valence-corrected chi connectivity index (χ4v) is 2.15. The number of anilines is 1. The van der Waals surface area contributed by atoms with Crippen molar-refractivity contribution in [3.05, 3.63) is 10.7 Å². The van der Waals surface area contributed by atoms with Gasteiger partial charge in [0.25, 0.3) is 0 Å². The van der Waals surface area contributed by atoms with Crippen LogP contribution in [0.25, 0.3) is 0 Å². The zero-order valence-corrected chi connectivity index (χ0v) is 10.2. The van der Waals surface area contributed by atoms with Crippen LogP contribution in [0.4, 0.5) is 5.95 Å². The summed E-state index contributed by atoms with van der Waals surface area (Å²) in [6.07, 6.45) is 2.50. The summed E-state index contributed by atoms with van der Waals surface area (Å²) in [5.41, 5.74) is 0. The van der Waals surface area contributed by atoms with Gasteiger partial charge in [-0.3, -0.25) is 0 Å². The van der Waals surface area contributed by atoms with Gasteiger partial charge >= 0.3 is 0 Å². The van der Waals surface area contributed by atoms with Crippen LogP contribution in [0.15, 0.2) is 15.7 Å². The molecular weight excluding hydrogens is 266 g/mol. The van der Waals surface area contributed by atoms with Crippen molar-refractivity contribution in [3.63, 3.8) is 0 Å². The van der Waals surface area contributed by atoms with Gasteiger partial charge < -0.3 is 10.4 Å². The maximum atomic E-state index is 8.64. The van der Waals surface area contributed by atoms with E-state index in [1.165, 1.54) is 0 Å². The molecule has 0 unspecified atom stereocenters. The normalized spacial score (nSPS) is 10.2. The van der Waals surface area contributed by atoms with E-state index in [0.717, 1.165) is 21.7 Å². The number of hydrogen-bond donors (Lipinski definition) is 2. The van der Waals surface area contributed by atoms with E-state index in [0.29, 0.717) is 5.95 Å². The molecule has 2 N–H and O–H groups in total. The van der Waals surface area contributed by atoms with Crippen molar-refractivity contribution < 1.29 is 5.11 Å². The molecule has 0 aliphatic carbocycles. The summed E-state index contributed by atoms with van der Waals surface area (Å²) in [6.45, 7) is 0.217. The first-order chi connectivity index (χ1) is 6.77. The van der Waals surface area contributed by atoms with Crippen molar-refractivity contribution in [2.75, 3.05) is 24.7 Å². The molecule has 0 fully saturated rings. The van der Waals surface area contributed by atoms with Crippen LogP contribution in [0.3, 0.4) is 0 Å². The van der Waals surface area contributed by atoms with E-state index < -0.39 is 0 Å². The van der Waals surface area contributed by atoms with Gasteiger partial charge in [0.1, 0.15) is 5.03 Å². The quantitative estimate of drug-likeness (QED) is 0.488. The number of nitrogens with zero attached hydrogens (tertiary/aromatic N) is 2. The first-order valence-corrected chi connectivity index (χ1v) is 5.99. The Bertz CT molecular complexity index is 298. The summed E-state index contributed by atoms with van der Waals surface area (Å²) in [5, 5.41) is 12.4. The number of hydrogen-bond acceptors (Lipinski definition) is 5. The van der Waals surface area contributed by atoms with Gasteiger partial charge in [0.2, 0.25) is 5.95 Å². The highest BCUT2D eigenvalue weighted by Gasteiger charge is 2.04. The van der Waals surface area contributed by atoms with E-state index in [4.69, 9.17) is 5.11 Å². The summed E-state index contributed by atoms with van der Waals surface area (Å²) in [4.78, 5) is 8.33. The molecule has 0 amide bonds. The lowest BCUT2D eigenvalue weighted by Gasteiger charge is -2.04. The summed E-state index contributed by atoms with van der Waals surface area (Å²) in [7, 11) is 1.78. The number of thioether (sulfide) groups is 1. The topological polar surface area (TPSA) is 58.0 Å². The second-order valence-electron chi connectivity index (χ2n) is 2.52. The minimum absolute atomic E-state index is 0.217. The number of aromatic nitrogens is 2. The van der Waals surface area contributed by atoms with Gasteiger partial charge in [0.05, 0.1) is 4.47 Å². The lowest BCUT2D eigenvalue weighted by molar-refractivity contribution is 0.296. The van der Waals surface area contributed by atoms with Gasteiger partial charge in [-0.15, -0.1) is 11.8 Å². The molecule has 14 heavy (non-hydrogen) atoms. The molecule has 0 aromatic carbocycles. The van der Waals surface area contributed by atoms with E-state index >= 15 is 0 Å². The molecule has 0 bridgehead atoms. The fraction of sp³-hybridized carbons (Fsp3) is 0.500. The van der Waals surface area contributed by atoms with Crippen LogP contribution >= 0.6 is 27.7 Å². The monoisotopic (exact) mass is 277 g/mol. The maximum Gasteiger partial charge on any atom is 0.223 e. The molecular formula is C8H12BrN3OS. The standard InChI is InChI=1S/C8H12BrN3OS/c1-10-8-11-5-6(9)7(12-8)14-4-2-3-13/h5,13H,2-4H2,1H3,(H,10,11,12). The van der Waals surface area contributed by atoms with Crippen molar-refractivity contribution in [3.8, 4) is 0 Å². The average molecular weight is 278 g/mol. The molecule has 6 heteroatoms. The zero-order chi connectivity index (χ0) is 10.4. The minimum atomic E-state index is 0.217. The van der Waals surface area contributed by atoms with E-state index in [9.17, 15) is 0 Å². The molecule has 0 aliphatic rings. The molecule has 0 atom stereocenters. The van der Waals surface area contributed by atoms with Crippen LogP contribution in [0.2, 0.25) is 0 Å². The Kier molecular flexibility index (Phi) is 5.21. The van der Waals surface area contributed by atoms with E-state index in [1.807, 2.05) is 0 Å². The lowest BCUT2D eigenvalue weighted by atomic mass is 10.5. The third kappa shape index (κ3) is 3.43. The van der Waals surface area contributed by atoms with E-state index in [2.05, 4.69) is 31.2 Å².